The van der Waals surface area contributed by atoms with Crippen LogP contribution in [0.5, 0.6) is 0 Å². The van der Waals surface area contributed by atoms with Gasteiger partial charge in [0.2, 0.25) is 0 Å². The Bertz CT molecular complexity index is 217. The van der Waals surface area contributed by atoms with Crippen LogP contribution in [-0.2, 0) is 4.79 Å². The van der Waals surface area contributed by atoms with Crippen LogP contribution in [0, 0.1) is 5.92 Å². The quantitative estimate of drug-likeness (QED) is 0.697. The zero-order chi connectivity index (χ0) is 10.7. The minimum absolute atomic E-state index is 0.468. The number of carbonyl (C=O) groups excluding carboxylic acids is 1. The molecular formula is C13H23NO. The van der Waals surface area contributed by atoms with Crippen LogP contribution in [0.2, 0.25) is 0 Å². The second-order valence-corrected chi connectivity index (χ2v) is 5.09. The zero-order valence-corrected chi connectivity index (χ0v) is 9.87. The molecule has 0 amide bonds. The molecule has 0 aromatic carbocycles. The second-order valence-electron chi connectivity index (χ2n) is 5.09. The fourth-order valence-electron chi connectivity index (χ4n) is 3.25. The number of piperidine rings is 1. The summed E-state index contributed by atoms with van der Waals surface area (Å²) >= 11 is 0. The minimum atomic E-state index is 0.468. The summed E-state index contributed by atoms with van der Waals surface area (Å²) in [5.74, 6) is 1.36. The van der Waals surface area contributed by atoms with Gasteiger partial charge in [0.15, 0.2) is 0 Å². The molecule has 0 aromatic heterocycles. The summed E-state index contributed by atoms with van der Waals surface area (Å²) in [4.78, 5) is 13.8. The molecular weight excluding hydrogens is 186 g/mol. The van der Waals surface area contributed by atoms with E-state index in [1.165, 1.54) is 32.1 Å². The van der Waals surface area contributed by atoms with Crippen LogP contribution < -0.4 is 0 Å². The zero-order valence-electron chi connectivity index (χ0n) is 9.87. The van der Waals surface area contributed by atoms with Gasteiger partial charge in [-0.1, -0.05) is 26.2 Å². The molecule has 2 rings (SSSR count). The summed E-state index contributed by atoms with van der Waals surface area (Å²) in [6.45, 7) is 4.37. The smallest absolute Gasteiger partial charge is 0.135 e. The Labute approximate surface area is 93.0 Å². The molecule has 0 N–H and O–H groups in total. The molecule has 15 heavy (non-hydrogen) atoms. The third-order valence-electron chi connectivity index (χ3n) is 4.22. The van der Waals surface area contributed by atoms with Gasteiger partial charge in [0.25, 0.3) is 0 Å². The number of carbonyl (C=O) groups is 1. The van der Waals surface area contributed by atoms with E-state index in [1.54, 1.807) is 0 Å². The Morgan fingerprint density at radius 2 is 1.87 bits per heavy atom. The van der Waals surface area contributed by atoms with Crippen LogP contribution in [0.3, 0.4) is 0 Å². The Morgan fingerprint density at radius 3 is 2.53 bits per heavy atom. The number of Topliss-reactive ketones (excluding diaryl/α,β-unsaturated/α-hetero) is 1. The van der Waals surface area contributed by atoms with Gasteiger partial charge in [-0.2, -0.15) is 0 Å². The monoisotopic (exact) mass is 209 g/mol. The van der Waals surface area contributed by atoms with E-state index in [-0.39, 0.29) is 0 Å². The van der Waals surface area contributed by atoms with Gasteiger partial charge in [-0.05, 0) is 18.8 Å². The van der Waals surface area contributed by atoms with Gasteiger partial charge in [0, 0.05) is 32.0 Å². The van der Waals surface area contributed by atoms with Crippen LogP contribution >= 0.6 is 0 Å². The molecule has 1 heterocycles. The molecule has 0 radical (unpaired) electrons. The van der Waals surface area contributed by atoms with Crippen molar-refractivity contribution in [1.82, 2.24) is 4.90 Å². The van der Waals surface area contributed by atoms with Crippen molar-refractivity contribution in [1.29, 1.82) is 0 Å². The molecule has 1 aliphatic carbocycles. The van der Waals surface area contributed by atoms with Gasteiger partial charge in [0.05, 0.1) is 0 Å². The Hall–Kier alpha value is -0.370. The molecule has 1 aliphatic heterocycles. The highest BCUT2D eigenvalue weighted by Crippen LogP contribution is 2.31. The van der Waals surface area contributed by atoms with Crippen molar-refractivity contribution in [2.45, 2.75) is 57.9 Å². The number of nitrogens with zero attached hydrogens (tertiary/aromatic N) is 1. The molecule has 2 aliphatic rings. The Morgan fingerprint density at radius 1 is 1.20 bits per heavy atom. The van der Waals surface area contributed by atoms with Crippen molar-refractivity contribution in [3.63, 3.8) is 0 Å². The second kappa shape index (κ2) is 5.11. The highest BCUT2D eigenvalue weighted by Gasteiger charge is 2.30. The van der Waals surface area contributed by atoms with E-state index in [1.807, 2.05) is 0 Å². The highest BCUT2D eigenvalue weighted by atomic mass is 16.1. The first-order chi connectivity index (χ1) is 7.31. The number of likely N-dealkylation sites (tertiary alicyclic amines) is 1. The van der Waals surface area contributed by atoms with Crippen LogP contribution in [-0.4, -0.2) is 29.8 Å². The lowest BCUT2D eigenvalue weighted by atomic mass is 9.81. The van der Waals surface area contributed by atoms with Crippen LogP contribution in [0.15, 0.2) is 0 Å². The van der Waals surface area contributed by atoms with E-state index in [0.717, 1.165) is 37.9 Å². The summed E-state index contributed by atoms with van der Waals surface area (Å²) in [5, 5.41) is 0. The molecule has 1 saturated carbocycles. The average Bonchev–Trinajstić information content (AvgIpc) is 2.30. The standard InChI is InChI=1S/C13H23NO/c1-2-11-5-3-4-6-13(11)14-9-7-12(15)8-10-14/h11,13H,2-10H2,1H3. The van der Waals surface area contributed by atoms with Gasteiger partial charge in [0.1, 0.15) is 5.78 Å². The molecule has 86 valence electrons. The average molecular weight is 209 g/mol. The summed E-state index contributed by atoms with van der Waals surface area (Å²) in [7, 11) is 0. The van der Waals surface area contributed by atoms with Gasteiger partial charge in [-0.15, -0.1) is 0 Å². The lowest BCUT2D eigenvalue weighted by Crippen LogP contribution is -2.46. The third kappa shape index (κ3) is 2.60. The molecule has 2 nitrogen and oxygen atoms in total. The molecule has 2 unspecified atom stereocenters. The predicted molar refractivity (Wildman–Crippen MR) is 61.9 cm³/mol. The topological polar surface area (TPSA) is 20.3 Å². The third-order valence-corrected chi connectivity index (χ3v) is 4.22. The molecule has 2 heteroatoms. The highest BCUT2D eigenvalue weighted by molar-refractivity contribution is 5.79. The first-order valence-corrected chi connectivity index (χ1v) is 6.57. The van der Waals surface area contributed by atoms with Crippen LogP contribution in [0.25, 0.3) is 0 Å². The van der Waals surface area contributed by atoms with Crippen LogP contribution in [0.1, 0.15) is 51.9 Å². The number of hydrogen-bond donors (Lipinski definition) is 0. The SMILES string of the molecule is CCC1CCCCC1N1CCC(=O)CC1. The fourth-order valence-corrected chi connectivity index (χ4v) is 3.25. The molecule has 2 atom stereocenters. The Kier molecular flexibility index (Phi) is 3.79. The minimum Gasteiger partial charge on any atom is -0.300 e. The van der Waals surface area contributed by atoms with Crippen molar-refractivity contribution in [2.75, 3.05) is 13.1 Å². The summed E-state index contributed by atoms with van der Waals surface area (Å²) in [6.07, 6.45) is 8.50. The maximum atomic E-state index is 11.2. The van der Waals surface area contributed by atoms with E-state index >= 15 is 0 Å². The lowest BCUT2D eigenvalue weighted by Gasteiger charge is -2.41. The first-order valence-electron chi connectivity index (χ1n) is 6.57. The van der Waals surface area contributed by atoms with Crippen molar-refractivity contribution >= 4 is 5.78 Å². The summed E-state index contributed by atoms with van der Waals surface area (Å²) in [5.41, 5.74) is 0. The van der Waals surface area contributed by atoms with Crippen molar-refractivity contribution in [2.24, 2.45) is 5.92 Å². The maximum absolute atomic E-state index is 11.2. The summed E-state index contributed by atoms with van der Waals surface area (Å²) < 4.78 is 0. The summed E-state index contributed by atoms with van der Waals surface area (Å²) in [6, 6.07) is 0.789. The van der Waals surface area contributed by atoms with Gasteiger partial charge < -0.3 is 0 Å². The lowest BCUT2D eigenvalue weighted by molar-refractivity contribution is -0.122. The van der Waals surface area contributed by atoms with E-state index < -0.39 is 0 Å². The van der Waals surface area contributed by atoms with Crippen LogP contribution in [0.4, 0.5) is 0 Å². The van der Waals surface area contributed by atoms with E-state index in [0.29, 0.717) is 5.78 Å². The Balaban J connectivity index is 1.92. The number of ketones is 1. The number of hydrogen-bond acceptors (Lipinski definition) is 2. The largest absolute Gasteiger partial charge is 0.300 e. The van der Waals surface area contributed by atoms with Gasteiger partial charge in [-0.25, -0.2) is 0 Å². The molecule has 1 saturated heterocycles. The predicted octanol–water partition coefficient (Wildman–Crippen LogP) is 2.62. The molecule has 0 aromatic rings. The van der Waals surface area contributed by atoms with Crippen molar-refractivity contribution in [3.8, 4) is 0 Å². The normalized spacial score (nSPS) is 34.3. The van der Waals surface area contributed by atoms with E-state index in [9.17, 15) is 4.79 Å². The molecule has 0 bridgehead atoms. The first kappa shape index (κ1) is 11.1. The van der Waals surface area contributed by atoms with E-state index in [4.69, 9.17) is 0 Å². The van der Waals surface area contributed by atoms with Crippen molar-refractivity contribution in [3.05, 3.63) is 0 Å². The molecule has 0 spiro atoms. The molecule has 2 fully saturated rings. The fraction of sp³-hybridized carbons (Fsp3) is 0.923. The van der Waals surface area contributed by atoms with Crippen molar-refractivity contribution < 1.29 is 4.79 Å². The van der Waals surface area contributed by atoms with Gasteiger partial charge in [-0.3, -0.25) is 9.69 Å². The number of rotatable bonds is 2. The van der Waals surface area contributed by atoms with E-state index in [2.05, 4.69) is 11.8 Å². The van der Waals surface area contributed by atoms with Gasteiger partial charge >= 0.3 is 0 Å². The maximum Gasteiger partial charge on any atom is 0.135 e.